The van der Waals surface area contributed by atoms with Gasteiger partial charge in [-0.2, -0.15) is 0 Å². The molecule has 0 bridgehead atoms. The van der Waals surface area contributed by atoms with Crippen LogP contribution < -0.4 is 20.9 Å². The Morgan fingerprint density at radius 1 is 1.31 bits per heavy atom. The molecule has 8 heteroatoms. The highest BCUT2D eigenvalue weighted by Crippen LogP contribution is 2.16. The molecule has 0 spiro atoms. The number of halogens is 1. The standard InChI is InChI=1S/C21H26ClN3O4/c22-18-14-16(9-10-19(26)25-29-20-8-4-5-12-28-20)15-24-21(18)23-11-13-27-17-6-2-1-3-7-17/h1-3,6-7,9-10,14-15,20-21,23-24H,4-5,8,11-13H2,(H,25,26)/b10-9+. The number of allylic oxidation sites excluding steroid dienone is 3. The maximum Gasteiger partial charge on any atom is 0.267 e. The van der Waals surface area contributed by atoms with Crippen LogP contribution in [0.4, 0.5) is 0 Å². The van der Waals surface area contributed by atoms with Gasteiger partial charge in [0.05, 0.1) is 5.03 Å². The van der Waals surface area contributed by atoms with Crippen molar-refractivity contribution in [1.29, 1.82) is 0 Å². The lowest BCUT2D eigenvalue weighted by Crippen LogP contribution is -2.43. The van der Waals surface area contributed by atoms with Gasteiger partial charge in [-0.1, -0.05) is 29.8 Å². The average Bonchev–Trinajstić information content (AvgIpc) is 2.76. The van der Waals surface area contributed by atoms with Crippen LogP contribution in [0.2, 0.25) is 0 Å². The number of para-hydroxylation sites is 1. The molecule has 1 aromatic rings. The highest BCUT2D eigenvalue weighted by Gasteiger charge is 2.16. The Kier molecular flexibility index (Phi) is 8.58. The fourth-order valence-corrected chi connectivity index (χ4v) is 3.08. The van der Waals surface area contributed by atoms with Gasteiger partial charge in [0, 0.05) is 31.8 Å². The minimum absolute atomic E-state index is 0.200. The van der Waals surface area contributed by atoms with Gasteiger partial charge in [0.25, 0.3) is 5.91 Å². The van der Waals surface area contributed by atoms with E-state index < -0.39 is 0 Å². The van der Waals surface area contributed by atoms with Crippen molar-refractivity contribution in [2.75, 3.05) is 19.8 Å². The zero-order chi connectivity index (χ0) is 20.3. The summed E-state index contributed by atoms with van der Waals surface area (Å²) in [6, 6.07) is 9.64. The second kappa shape index (κ2) is 11.6. The smallest absolute Gasteiger partial charge is 0.267 e. The number of benzene rings is 1. The van der Waals surface area contributed by atoms with Crippen LogP contribution in [0.25, 0.3) is 0 Å². The van der Waals surface area contributed by atoms with Crippen LogP contribution in [0, 0.1) is 0 Å². The lowest BCUT2D eigenvalue weighted by Gasteiger charge is -2.22. The quantitative estimate of drug-likeness (QED) is 0.324. The summed E-state index contributed by atoms with van der Waals surface area (Å²) in [7, 11) is 0. The Balaban J connectivity index is 1.35. The van der Waals surface area contributed by atoms with Gasteiger partial charge in [-0.25, -0.2) is 10.3 Å². The number of ether oxygens (including phenoxy) is 2. The molecule has 2 aliphatic heterocycles. The number of amides is 1. The molecule has 3 N–H and O–H groups in total. The predicted molar refractivity (Wildman–Crippen MR) is 111 cm³/mol. The lowest BCUT2D eigenvalue weighted by molar-refractivity contribution is -0.198. The first-order chi connectivity index (χ1) is 14.2. The molecule has 2 aliphatic rings. The average molecular weight is 420 g/mol. The Morgan fingerprint density at radius 3 is 2.93 bits per heavy atom. The number of rotatable bonds is 9. The number of nitrogens with one attached hydrogen (secondary N) is 3. The first kappa shape index (κ1) is 21.4. The summed E-state index contributed by atoms with van der Waals surface area (Å²) in [5.74, 6) is 0.472. The van der Waals surface area contributed by atoms with Crippen LogP contribution in [0.15, 0.2) is 65.4 Å². The van der Waals surface area contributed by atoms with Crippen LogP contribution in [-0.4, -0.2) is 38.1 Å². The second-order valence-electron chi connectivity index (χ2n) is 6.60. The van der Waals surface area contributed by atoms with Gasteiger partial charge in [0.2, 0.25) is 0 Å². The maximum absolute atomic E-state index is 11.9. The van der Waals surface area contributed by atoms with E-state index in [0.717, 1.165) is 30.6 Å². The van der Waals surface area contributed by atoms with E-state index in [-0.39, 0.29) is 18.4 Å². The number of hydroxylamine groups is 1. The predicted octanol–water partition coefficient (Wildman–Crippen LogP) is 2.72. The summed E-state index contributed by atoms with van der Waals surface area (Å²) in [5.41, 5.74) is 3.16. The third-order valence-electron chi connectivity index (χ3n) is 4.32. The zero-order valence-corrected chi connectivity index (χ0v) is 16.9. The number of carbonyl (C=O) groups excluding carboxylic acids is 1. The fraction of sp³-hybridized carbons (Fsp3) is 0.381. The van der Waals surface area contributed by atoms with E-state index in [1.165, 1.54) is 6.08 Å². The first-order valence-corrected chi connectivity index (χ1v) is 10.1. The molecule has 2 atom stereocenters. The molecule has 1 saturated heterocycles. The number of hydrogen-bond donors (Lipinski definition) is 3. The molecule has 1 aromatic carbocycles. The molecule has 2 unspecified atom stereocenters. The monoisotopic (exact) mass is 419 g/mol. The van der Waals surface area contributed by atoms with E-state index in [2.05, 4.69) is 16.1 Å². The molecule has 0 aliphatic carbocycles. The van der Waals surface area contributed by atoms with Crippen LogP contribution in [0.3, 0.4) is 0 Å². The topological polar surface area (TPSA) is 80.9 Å². The van der Waals surface area contributed by atoms with Crippen LogP contribution in [0.5, 0.6) is 5.75 Å². The molecular weight excluding hydrogens is 394 g/mol. The summed E-state index contributed by atoms with van der Waals surface area (Å²) < 4.78 is 11.0. The third-order valence-corrected chi connectivity index (χ3v) is 4.64. The summed E-state index contributed by atoms with van der Waals surface area (Å²) in [6.07, 6.45) is 8.89. The van der Waals surface area contributed by atoms with Gasteiger partial charge in [-0.15, -0.1) is 0 Å². The molecule has 0 saturated carbocycles. The van der Waals surface area contributed by atoms with Gasteiger partial charge in [0.15, 0.2) is 6.29 Å². The molecule has 29 heavy (non-hydrogen) atoms. The van der Waals surface area contributed by atoms with Crippen molar-refractivity contribution < 1.29 is 19.1 Å². The van der Waals surface area contributed by atoms with Crippen molar-refractivity contribution in [3.8, 4) is 5.75 Å². The molecule has 0 aromatic heterocycles. The van der Waals surface area contributed by atoms with Crippen molar-refractivity contribution in [1.82, 2.24) is 16.1 Å². The van der Waals surface area contributed by atoms with Crippen LogP contribution >= 0.6 is 11.6 Å². The Labute approximate surface area is 175 Å². The van der Waals surface area contributed by atoms with Gasteiger partial charge < -0.3 is 14.8 Å². The van der Waals surface area contributed by atoms with Crippen molar-refractivity contribution in [2.45, 2.75) is 31.7 Å². The number of dihydropyridines is 1. The number of hydrogen-bond acceptors (Lipinski definition) is 6. The van der Waals surface area contributed by atoms with Gasteiger partial charge in [0.1, 0.15) is 18.5 Å². The normalized spacial score (nSPS) is 21.8. The van der Waals surface area contributed by atoms with Gasteiger partial charge >= 0.3 is 0 Å². The van der Waals surface area contributed by atoms with Crippen LogP contribution in [0.1, 0.15) is 19.3 Å². The lowest BCUT2D eigenvalue weighted by atomic mass is 10.2. The highest BCUT2D eigenvalue weighted by atomic mass is 35.5. The molecule has 2 heterocycles. The van der Waals surface area contributed by atoms with Crippen molar-refractivity contribution >= 4 is 17.5 Å². The molecule has 156 valence electrons. The van der Waals surface area contributed by atoms with E-state index in [1.54, 1.807) is 18.4 Å². The summed E-state index contributed by atoms with van der Waals surface area (Å²) >= 11 is 6.33. The molecule has 0 radical (unpaired) electrons. The largest absolute Gasteiger partial charge is 0.492 e. The molecular formula is C21H26ClN3O4. The summed E-state index contributed by atoms with van der Waals surface area (Å²) in [6.45, 7) is 1.80. The third kappa shape index (κ3) is 7.55. The molecule has 7 nitrogen and oxygen atoms in total. The maximum atomic E-state index is 11.9. The minimum Gasteiger partial charge on any atom is -0.492 e. The van der Waals surface area contributed by atoms with E-state index in [9.17, 15) is 4.79 Å². The minimum atomic E-state index is -0.372. The number of carbonyl (C=O) groups is 1. The van der Waals surface area contributed by atoms with Crippen molar-refractivity contribution in [3.63, 3.8) is 0 Å². The zero-order valence-electron chi connectivity index (χ0n) is 16.1. The molecule has 3 rings (SSSR count). The second-order valence-corrected chi connectivity index (χ2v) is 7.04. The Hall–Kier alpha value is -2.32. The van der Waals surface area contributed by atoms with Gasteiger partial charge in [-0.05, 0) is 42.7 Å². The van der Waals surface area contributed by atoms with E-state index in [0.29, 0.717) is 24.8 Å². The van der Waals surface area contributed by atoms with Crippen LogP contribution in [-0.2, 0) is 14.4 Å². The summed E-state index contributed by atoms with van der Waals surface area (Å²) in [5, 5.41) is 7.02. The summed E-state index contributed by atoms with van der Waals surface area (Å²) in [4.78, 5) is 17.1. The fourth-order valence-electron chi connectivity index (χ4n) is 2.82. The van der Waals surface area contributed by atoms with Crippen molar-refractivity contribution in [3.05, 3.63) is 65.4 Å². The molecule has 1 fully saturated rings. The van der Waals surface area contributed by atoms with Crippen molar-refractivity contribution in [2.24, 2.45) is 0 Å². The molecule has 1 amide bonds. The Bertz CT molecular complexity index is 746. The van der Waals surface area contributed by atoms with E-state index in [1.807, 2.05) is 30.3 Å². The van der Waals surface area contributed by atoms with Gasteiger partial charge in [-0.3, -0.25) is 10.1 Å². The first-order valence-electron chi connectivity index (χ1n) is 9.70. The van der Waals surface area contributed by atoms with E-state index >= 15 is 0 Å². The SMILES string of the molecule is O=C(/C=C/C1=CNC(NCCOc2ccccc2)C(Cl)=C1)NOC1CCCCO1. The Morgan fingerprint density at radius 2 is 2.17 bits per heavy atom. The highest BCUT2D eigenvalue weighted by molar-refractivity contribution is 6.30. The van der Waals surface area contributed by atoms with E-state index in [4.69, 9.17) is 25.9 Å².